The predicted octanol–water partition coefficient (Wildman–Crippen LogP) is -4.61. The molecular weight excluding hydrogens is 428 g/mol. The van der Waals surface area contributed by atoms with Gasteiger partial charge in [-0.25, -0.2) is 14.4 Å². The van der Waals surface area contributed by atoms with Crippen LogP contribution < -0.4 is 15.3 Å². The van der Waals surface area contributed by atoms with Crippen molar-refractivity contribution in [3.05, 3.63) is 36.5 Å². The molecule has 0 aromatic heterocycles. The van der Waals surface area contributed by atoms with Crippen LogP contribution in [0.3, 0.4) is 0 Å². The van der Waals surface area contributed by atoms with Crippen LogP contribution in [0, 0.1) is 0 Å². The molecule has 0 aliphatic carbocycles. The van der Waals surface area contributed by atoms with Crippen molar-refractivity contribution in [3.8, 4) is 0 Å². The Balaban J connectivity index is -0.000000152. The van der Waals surface area contributed by atoms with Gasteiger partial charge in [0.15, 0.2) is 0 Å². The van der Waals surface area contributed by atoms with E-state index in [1.54, 1.807) is 0 Å². The maximum Gasteiger partial charge on any atom is 3.00 e. The van der Waals surface area contributed by atoms with Gasteiger partial charge in [0.25, 0.3) is 0 Å². The van der Waals surface area contributed by atoms with Crippen molar-refractivity contribution in [2.24, 2.45) is 0 Å². The quantitative estimate of drug-likeness (QED) is 0.165. The Morgan fingerprint density at radius 3 is 0.786 bits per heavy atom. The van der Waals surface area contributed by atoms with Gasteiger partial charge in [0.05, 0.1) is 39.2 Å². The molecule has 0 aliphatic rings. The van der Waals surface area contributed by atoms with E-state index in [-0.39, 0.29) is 17.1 Å². The summed E-state index contributed by atoms with van der Waals surface area (Å²) in [6.07, 6.45) is 4.13. The minimum atomic E-state index is -1.42. The van der Waals surface area contributed by atoms with Crippen LogP contribution in [0.1, 0.15) is 0 Å². The third-order valence-corrected chi connectivity index (χ3v) is 1.67. The Kier molecular flexibility index (Phi) is 24.9. The summed E-state index contributed by atoms with van der Waals surface area (Å²) in [6.45, 7) is 0. The summed E-state index contributed by atoms with van der Waals surface area (Å²) >= 11 is 0. The van der Waals surface area contributed by atoms with E-state index in [1.165, 1.54) is 0 Å². The molecule has 0 saturated carbocycles. The van der Waals surface area contributed by atoms with Gasteiger partial charge in [-0.1, -0.05) is 0 Å². The van der Waals surface area contributed by atoms with Crippen LogP contribution >= 0.6 is 0 Å². The first-order valence-electron chi connectivity index (χ1n) is 6.41. The van der Waals surface area contributed by atoms with E-state index in [9.17, 15) is 44.1 Å². The minimum absolute atomic E-state index is 0. The van der Waals surface area contributed by atoms with E-state index in [0.717, 1.165) is 39.6 Å². The predicted molar refractivity (Wildman–Crippen MR) is 78.5 cm³/mol. The van der Waals surface area contributed by atoms with Gasteiger partial charge in [0, 0.05) is 18.2 Å². The molecule has 28 heavy (non-hydrogen) atoms. The van der Waals surface area contributed by atoms with Gasteiger partial charge < -0.3 is 43.9 Å². The smallest absolute Gasteiger partial charge is 0.545 e. The molecule has 0 N–H and O–H groups in total. The molecule has 13 heteroatoms. The zero-order valence-electron chi connectivity index (χ0n) is 14.7. The fourth-order valence-electron chi connectivity index (χ4n) is 0.612. The number of ether oxygens (including phenoxy) is 3. The van der Waals surface area contributed by atoms with Crippen LogP contribution in [0.15, 0.2) is 36.5 Å². The molecule has 12 nitrogen and oxygen atoms in total. The number of methoxy groups -OCH3 is 3. The molecule has 0 rings (SSSR count). The first-order valence-corrected chi connectivity index (χ1v) is 6.41. The van der Waals surface area contributed by atoms with Gasteiger partial charge >= 0.3 is 35.0 Å². The number of esters is 3. The summed E-state index contributed by atoms with van der Waals surface area (Å²) < 4.78 is 12.3. The average Bonchev–Trinajstić information content (AvgIpc) is 2.62. The van der Waals surface area contributed by atoms with Crippen LogP contribution in [-0.2, 0) is 60.0 Å². The summed E-state index contributed by atoms with van der Waals surface area (Å²) in [5, 5.41) is 28.8. The molecule has 0 bridgehead atoms. The molecule has 0 heterocycles. The number of hydrogen-bond acceptors (Lipinski definition) is 12. The number of carboxylic acid groups (broad SMARTS) is 3. The summed E-state index contributed by atoms with van der Waals surface area (Å²) in [5.74, 6) is -6.38. The molecule has 0 atom stereocenters. The fraction of sp³-hybridized carbons (Fsp3) is 0.200. The maximum absolute atomic E-state index is 10.1. The van der Waals surface area contributed by atoms with E-state index >= 15 is 0 Å². The molecule has 155 valence electrons. The molecule has 0 saturated heterocycles. The first-order chi connectivity index (χ1) is 12.5. The number of hydrogen-bond donors (Lipinski definition) is 0. The van der Waals surface area contributed by atoms with Gasteiger partial charge in [0.1, 0.15) is 0 Å². The largest absolute Gasteiger partial charge is 3.00 e. The van der Waals surface area contributed by atoms with Crippen LogP contribution in [0.2, 0.25) is 0 Å². The second-order valence-corrected chi connectivity index (χ2v) is 3.53. The van der Waals surface area contributed by atoms with E-state index in [2.05, 4.69) is 14.2 Å². The van der Waals surface area contributed by atoms with Gasteiger partial charge in [-0.05, 0) is 18.2 Å². The normalized spacial score (nSPS) is 9.11. The molecule has 0 spiro atoms. The summed E-state index contributed by atoms with van der Waals surface area (Å²) in [4.78, 5) is 59.2. The second-order valence-electron chi connectivity index (χ2n) is 3.53. The molecular formula is C15H15FeO12. The van der Waals surface area contributed by atoms with Crippen LogP contribution in [0.4, 0.5) is 0 Å². The molecule has 0 aromatic carbocycles. The number of rotatable bonds is 6. The average molecular weight is 443 g/mol. The number of carbonyl (C=O) groups is 6. The Morgan fingerprint density at radius 2 is 0.679 bits per heavy atom. The van der Waals surface area contributed by atoms with Crippen molar-refractivity contribution in [1.82, 2.24) is 0 Å². The van der Waals surface area contributed by atoms with E-state index in [0.29, 0.717) is 18.2 Å². The van der Waals surface area contributed by atoms with Crippen molar-refractivity contribution >= 4 is 35.8 Å². The summed E-state index contributed by atoms with van der Waals surface area (Å²) in [6, 6.07) is 0. The van der Waals surface area contributed by atoms with Crippen molar-refractivity contribution in [2.75, 3.05) is 21.3 Å². The monoisotopic (exact) mass is 443 g/mol. The first kappa shape index (κ1) is 32.2. The van der Waals surface area contributed by atoms with Gasteiger partial charge in [-0.3, -0.25) is 0 Å². The minimum Gasteiger partial charge on any atom is -0.545 e. The Hall–Kier alpha value is -3.44. The number of carboxylic acids is 3. The van der Waals surface area contributed by atoms with Crippen molar-refractivity contribution < 1.29 is 75.4 Å². The van der Waals surface area contributed by atoms with E-state index < -0.39 is 35.8 Å². The fourth-order valence-corrected chi connectivity index (χ4v) is 0.612. The van der Waals surface area contributed by atoms with E-state index in [1.807, 2.05) is 0 Å². The molecule has 0 aliphatic heterocycles. The van der Waals surface area contributed by atoms with Gasteiger partial charge in [-0.15, -0.1) is 0 Å². The van der Waals surface area contributed by atoms with Gasteiger partial charge in [-0.2, -0.15) is 0 Å². The Labute approximate surface area is 169 Å². The molecule has 0 fully saturated rings. The third kappa shape index (κ3) is 34.0. The van der Waals surface area contributed by atoms with E-state index in [4.69, 9.17) is 0 Å². The topological polar surface area (TPSA) is 199 Å². The van der Waals surface area contributed by atoms with Crippen molar-refractivity contribution in [1.29, 1.82) is 0 Å². The third-order valence-electron chi connectivity index (χ3n) is 1.67. The summed E-state index contributed by atoms with van der Waals surface area (Å²) in [7, 11) is 3.46. The van der Waals surface area contributed by atoms with Crippen molar-refractivity contribution in [3.63, 3.8) is 0 Å². The molecule has 1 radical (unpaired) electrons. The molecule has 0 aromatic rings. The zero-order valence-corrected chi connectivity index (χ0v) is 15.8. The van der Waals surface area contributed by atoms with Crippen LogP contribution in [0.5, 0.6) is 0 Å². The molecule has 0 unspecified atom stereocenters. The standard InChI is InChI=1S/3C5H6O4.Fe/c3*1-9-5(8)3-2-4(6)7;/h3*2-3H,1H3,(H,6,7);/q;;;+3/p-3/b3*3-2+;. The van der Waals surface area contributed by atoms with Crippen molar-refractivity contribution in [2.45, 2.75) is 0 Å². The van der Waals surface area contributed by atoms with Crippen LogP contribution in [-0.4, -0.2) is 57.1 Å². The number of carbonyl (C=O) groups excluding carboxylic acids is 6. The molecule has 0 amide bonds. The van der Waals surface area contributed by atoms with Gasteiger partial charge in [0.2, 0.25) is 0 Å². The zero-order chi connectivity index (χ0) is 21.8. The Bertz CT molecular complexity index is 533. The SMILES string of the molecule is COC(=O)/C=C/C(=O)[O-].COC(=O)/C=C/C(=O)[O-].COC(=O)/C=C/C(=O)[O-].[Fe+3]. The van der Waals surface area contributed by atoms with Crippen LogP contribution in [0.25, 0.3) is 0 Å². The summed E-state index contributed by atoms with van der Waals surface area (Å²) in [5.41, 5.74) is 0. The number of aliphatic carboxylic acids is 3. The second kappa shape index (κ2) is 21.6. The Morgan fingerprint density at radius 1 is 0.500 bits per heavy atom. The maximum atomic E-state index is 10.1.